The lowest BCUT2D eigenvalue weighted by Gasteiger charge is -2.26. The van der Waals surface area contributed by atoms with Gasteiger partial charge in [-0.15, -0.1) is 0 Å². The van der Waals surface area contributed by atoms with Gasteiger partial charge in [0.05, 0.1) is 25.1 Å². The maximum absolute atomic E-state index is 12.2. The number of carbonyl (C=O) groups excluding carboxylic acids is 1. The van der Waals surface area contributed by atoms with Crippen LogP contribution in [0.2, 0.25) is 0 Å². The lowest BCUT2D eigenvalue weighted by atomic mass is 10.1. The molecular weight excluding hydrogens is 328 g/mol. The first-order valence-electron chi connectivity index (χ1n) is 9.05. The van der Waals surface area contributed by atoms with Crippen LogP contribution in [0, 0.1) is 6.92 Å². The van der Waals surface area contributed by atoms with Crippen molar-refractivity contribution in [2.45, 2.75) is 13.5 Å². The molecule has 2 heterocycles. The van der Waals surface area contributed by atoms with Crippen LogP contribution in [0.25, 0.3) is 0 Å². The van der Waals surface area contributed by atoms with E-state index in [9.17, 15) is 4.79 Å². The number of nitrogens with zero attached hydrogens (tertiary/aromatic N) is 2. The van der Waals surface area contributed by atoms with E-state index in [1.807, 2.05) is 18.2 Å². The average molecular weight is 354 g/mol. The Morgan fingerprint density at radius 3 is 2.73 bits per heavy atom. The number of rotatable bonds is 7. The van der Waals surface area contributed by atoms with Gasteiger partial charge in [0.25, 0.3) is 5.91 Å². The Bertz CT molecular complexity index is 712. The van der Waals surface area contributed by atoms with Gasteiger partial charge >= 0.3 is 0 Å². The maximum Gasteiger partial charge on any atom is 0.269 e. The van der Waals surface area contributed by atoms with E-state index in [0.29, 0.717) is 12.2 Å². The number of carbonyl (C=O) groups is 1. The van der Waals surface area contributed by atoms with Crippen LogP contribution in [-0.2, 0) is 11.3 Å². The van der Waals surface area contributed by atoms with Crippen LogP contribution in [0.1, 0.15) is 21.6 Å². The topological polar surface area (TPSA) is 66.5 Å². The second kappa shape index (κ2) is 9.31. The van der Waals surface area contributed by atoms with Gasteiger partial charge in [-0.1, -0.05) is 24.3 Å². The van der Waals surface area contributed by atoms with Crippen LogP contribution in [-0.4, -0.2) is 55.2 Å². The number of amides is 1. The molecule has 1 aromatic heterocycles. The Morgan fingerprint density at radius 1 is 1.19 bits per heavy atom. The van der Waals surface area contributed by atoms with Crippen molar-refractivity contribution in [3.05, 3.63) is 59.4 Å². The summed E-state index contributed by atoms with van der Waals surface area (Å²) in [6, 6.07) is 11.9. The third-order valence-corrected chi connectivity index (χ3v) is 4.56. The summed E-state index contributed by atoms with van der Waals surface area (Å²) in [7, 11) is 0. The Hall–Kier alpha value is -2.44. The van der Waals surface area contributed by atoms with Crippen molar-refractivity contribution < 1.29 is 9.53 Å². The summed E-state index contributed by atoms with van der Waals surface area (Å²) >= 11 is 0. The van der Waals surface area contributed by atoms with E-state index in [2.05, 4.69) is 39.6 Å². The molecule has 0 saturated carbocycles. The molecule has 3 rings (SSSR count). The number of anilines is 1. The fraction of sp³-hybridized carbons (Fsp3) is 0.400. The van der Waals surface area contributed by atoms with Crippen LogP contribution in [0.3, 0.4) is 0 Å². The highest BCUT2D eigenvalue weighted by Gasteiger charge is 2.11. The highest BCUT2D eigenvalue weighted by Crippen LogP contribution is 2.11. The van der Waals surface area contributed by atoms with Crippen molar-refractivity contribution in [3.8, 4) is 0 Å². The first-order chi connectivity index (χ1) is 12.7. The molecule has 0 radical (unpaired) electrons. The first kappa shape index (κ1) is 18.4. The highest BCUT2D eigenvalue weighted by atomic mass is 16.5. The minimum Gasteiger partial charge on any atom is -0.380 e. The van der Waals surface area contributed by atoms with Gasteiger partial charge in [-0.25, -0.2) is 4.98 Å². The summed E-state index contributed by atoms with van der Waals surface area (Å²) in [5, 5.41) is 6.27. The summed E-state index contributed by atoms with van der Waals surface area (Å²) in [5.74, 6) is -0.135. The van der Waals surface area contributed by atoms with Crippen LogP contribution < -0.4 is 10.6 Å². The van der Waals surface area contributed by atoms with Crippen LogP contribution in [0.4, 0.5) is 5.69 Å². The zero-order valence-corrected chi connectivity index (χ0v) is 15.2. The molecule has 1 saturated heterocycles. The molecule has 138 valence electrons. The molecule has 0 unspecified atom stereocenters. The van der Waals surface area contributed by atoms with E-state index in [0.717, 1.165) is 45.1 Å². The summed E-state index contributed by atoms with van der Waals surface area (Å²) in [4.78, 5) is 18.7. The predicted octanol–water partition coefficient (Wildman–Crippen LogP) is 2.06. The van der Waals surface area contributed by atoms with Crippen molar-refractivity contribution in [2.24, 2.45) is 0 Å². The Labute approximate surface area is 154 Å². The van der Waals surface area contributed by atoms with Gasteiger partial charge in [0.1, 0.15) is 5.69 Å². The molecule has 0 atom stereocenters. The molecule has 26 heavy (non-hydrogen) atoms. The molecule has 0 bridgehead atoms. The number of aryl methyl sites for hydroxylation is 1. The van der Waals surface area contributed by atoms with E-state index in [1.165, 1.54) is 11.1 Å². The zero-order valence-electron chi connectivity index (χ0n) is 15.2. The van der Waals surface area contributed by atoms with Gasteiger partial charge in [-0.3, -0.25) is 9.69 Å². The third kappa shape index (κ3) is 5.28. The van der Waals surface area contributed by atoms with Crippen molar-refractivity contribution in [1.29, 1.82) is 0 Å². The first-order valence-corrected chi connectivity index (χ1v) is 9.05. The Balaban J connectivity index is 1.44. The molecule has 2 N–H and O–H groups in total. The molecule has 6 heteroatoms. The lowest BCUT2D eigenvalue weighted by Crippen LogP contribution is -2.41. The highest BCUT2D eigenvalue weighted by molar-refractivity contribution is 5.92. The second-order valence-corrected chi connectivity index (χ2v) is 6.42. The van der Waals surface area contributed by atoms with Crippen molar-refractivity contribution in [2.75, 3.05) is 44.7 Å². The molecule has 1 aliphatic heterocycles. The molecule has 1 aliphatic rings. The Kier molecular flexibility index (Phi) is 6.57. The summed E-state index contributed by atoms with van der Waals surface area (Å²) in [6.07, 6.45) is 1.70. The fourth-order valence-electron chi connectivity index (χ4n) is 2.88. The van der Waals surface area contributed by atoms with E-state index in [4.69, 9.17) is 4.74 Å². The number of hydrogen-bond acceptors (Lipinski definition) is 5. The van der Waals surface area contributed by atoms with Gasteiger partial charge < -0.3 is 15.4 Å². The van der Waals surface area contributed by atoms with E-state index >= 15 is 0 Å². The summed E-state index contributed by atoms with van der Waals surface area (Å²) in [6.45, 7) is 7.68. The zero-order chi connectivity index (χ0) is 18.2. The van der Waals surface area contributed by atoms with Crippen LogP contribution in [0.5, 0.6) is 0 Å². The molecule has 0 spiro atoms. The van der Waals surface area contributed by atoms with Crippen LogP contribution in [0.15, 0.2) is 42.6 Å². The quantitative estimate of drug-likeness (QED) is 0.797. The minimum absolute atomic E-state index is 0.135. The molecule has 1 amide bonds. The van der Waals surface area contributed by atoms with E-state index in [1.54, 1.807) is 12.3 Å². The number of pyridine rings is 1. The maximum atomic E-state index is 12.2. The molecule has 1 fully saturated rings. The summed E-state index contributed by atoms with van der Waals surface area (Å²) < 4.78 is 5.32. The SMILES string of the molecule is Cc1ccccc1CNc1ccc(C(=O)NCCN2CCOCC2)nc1. The second-order valence-electron chi connectivity index (χ2n) is 6.42. The van der Waals surface area contributed by atoms with Gasteiger partial charge in [0, 0.05) is 32.7 Å². The molecule has 6 nitrogen and oxygen atoms in total. The van der Waals surface area contributed by atoms with Gasteiger partial charge in [-0.05, 0) is 30.2 Å². The van der Waals surface area contributed by atoms with Crippen molar-refractivity contribution in [3.63, 3.8) is 0 Å². The smallest absolute Gasteiger partial charge is 0.269 e. The molecule has 0 aliphatic carbocycles. The predicted molar refractivity (Wildman–Crippen MR) is 102 cm³/mol. The molecule has 1 aromatic carbocycles. The van der Waals surface area contributed by atoms with Crippen molar-refractivity contribution in [1.82, 2.24) is 15.2 Å². The number of ether oxygens (including phenoxy) is 1. The van der Waals surface area contributed by atoms with Gasteiger partial charge in [-0.2, -0.15) is 0 Å². The lowest BCUT2D eigenvalue weighted by molar-refractivity contribution is 0.0383. The normalized spacial score (nSPS) is 14.8. The monoisotopic (exact) mass is 354 g/mol. The number of aromatic nitrogens is 1. The van der Waals surface area contributed by atoms with Gasteiger partial charge in [0.2, 0.25) is 0 Å². The number of morpholine rings is 1. The Morgan fingerprint density at radius 2 is 2.00 bits per heavy atom. The minimum atomic E-state index is -0.135. The fourth-order valence-corrected chi connectivity index (χ4v) is 2.88. The van der Waals surface area contributed by atoms with Crippen molar-refractivity contribution >= 4 is 11.6 Å². The molecular formula is C20H26N4O2. The average Bonchev–Trinajstić information content (AvgIpc) is 2.68. The number of benzene rings is 1. The molecule has 2 aromatic rings. The number of hydrogen-bond donors (Lipinski definition) is 2. The van der Waals surface area contributed by atoms with Gasteiger partial charge in [0.15, 0.2) is 0 Å². The van der Waals surface area contributed by atoms with E-state index in [-0.39, 0.29) is 5.91 Å². The largest absolute Gasteiger partial charge is 0.380 e. The standard InChI is InChI=1S/C20H26N4O2/c1-16-4-2-3-5-17(16)14-22-18-6-7-19(23-15-18)20(25)21-8-9-24-10-12-26-13-11-24/h2-7,15,22H,8-14H2,1H3,(H,21,25). The summed E-state index contributed by atoms with van der Waals surface area (Å²) in [5.41, 5.74) is 3.84. The van der Waals surface area contributed by atoms with Crippen LogP contribution >= 0.6 is 0 Å². The third-order valence-electron chi connectivity index (χ3n) is 4.56. The van der Waals surface area contributed by atoms with E-state index < -0.39 is 0 Å². The number of nitrogens with one attached hydrogen (secondary N) is 2.